The van der Waals surface area contributed by atoms with E-state index in [0.717, 1.165) is 10.1 Å². The van der Waals surface area contributed by atoms with E-state index in [-0.39, 0.29) is 5.69 Å². The summed E-state index contributed by atoms with van der Waals surface area (Å²) in [5.74, 6) is -0.688. The summed E-state index contributed by atoms with van der Waals surface area (Å²) in [5, 5.41) is 10.1. The third-order valence-corrected chi connectivity index (χ3v) is 3.43. The maximum absolute atomic E-state index is 11.8. The monoisotopic (exact) mass is 299 g/mol. The summed E-state index contributed by atoms with van der Waals surface area (Å²) in [6.07, 6.45) is 3.93. The molecule has 0 unspecified atom stereocenters. The molecule has 0 saturated heterocycles. The fraction of sp³-hybridized carbons (Fsp3) is 0.133. The molecule has 0 amide bonds. The van der Waals surface area contributed by atoms with Gasteiger partial charge in [0.15, 0.2) is 0 Å². The Hall–Kier alpha value is -3.09. The number of fused-ring (bicyclic) bond motifs is 1. The van der Waals surface area contributed by atoms with Crippen molar-refractivity contribution >= 4 is 23.0 Å². The van der Waals surface area contributed by atoms with Crippen LogP contribution in [0.2, 0.25) is 0 Å². The summed E-state index contributed by atoms with van der Waals surface area (Å²) in [5.41, 5.74) is 1.33. The van der Waals surface area contributed by atoms with Gasteiger partial charge >= 0.3 is 12.1 Å². The summed E-state index contributed by atoms with van der Waals surface area (Å²) in [7, 11) is 1.22. The van der Waals surface area contributed by atoms with Crippen molar-refractivity contribution in [1.29, 1.82) is 0 Å². The van der Waals surface area contributed by atoms with E-state index in [1.807, 2.05) is 16.8 Å². The first-order chi connectivity index (χ1) is 10.6. The second-order valence-corrected chi connectivity index (χ2v) is 4.72. The molecule has 1 aromatic carbocycles. The minimum atomic E-state index is -1.23. The number of imidazole rings is 1. The van der Waals surface area contributed by atoms with Crippen molar-refractivity contribution in [3.63, 3.8) is 0 Å². The zero-order valence-corrected chi connectivity index (χ0v) is 11.8. The van der Waals surface area contributed by atoms with Gasteiger partial charge in [-0.15, -0.1) is 0 Å². The van der Waals surface area contributed by atoms with Crippen LogP contribution >= 0.6 is 0 Å². The Morgan fingerprint density at radius 1 is 1.36 bits per heavy atom. The molecule has 3 rings (SSSR count). The molecular weight excluding hydrogens is 286 g/mol. The number of hydrogen-bond donors (Lipinski definition) is 1. The van der Waals surface area contributed by atoms with Crippen LogP contribution in [0.15, 0.2) is 43.0 Å². The van der Waals surface area contributed by atoms with Crippen molar-refractivity contribution in [3.05, 3.63) is 54.2 Å². The van der Waals surface area contributed by atoms with Crippen LogP contribution in [0.1, 0.15) is 16.1 Å². The molecule has 22 heavy (non-hydrogen) atoms. The highest BCUT2D eigenvalue weighted by Gasteiger charge is 2.21. The van der Waals surface area contributed by atoms with Gasteiger partial charge in [-0.3, -0.25) is 0 Å². The number of ether oxygens (including phenoxy) is 1. The molecule has 0 aliphatic carbocycles. The van der Waals surface area contributed by atoms with E-state index in [2.05, 4.69) is 9.72 Å². The van der Waals surface area contributed by atoms with E-state index in [1.54, 1.807) is 30.7 Å². The predicted octanol–water partition coefficient (Wildman–Crippen LogP) is 2.20. The maximum Gasteiger partial charge on any atom is 0.416 e. The molecular formula is C15H13N3O4. The lowest BCUT2D eigenvalue weighted by atomic mass is 10.1. The van der Waals surface area contributed by atoms with Crippen molar-refractivity contribution in [3.8, 4) is 0 Å². The Bertz CT molecular complexity index is 849. The van der Waals surface area contributed by atoms with E-state index in [0.29, 0.717) is 17.4 Å². The third-order valence-electron chi connectivity index (χ3n) is 3.43. The second kappa shape index (κ2) is 5.36. The summed E-state index contributed by atoms with van der Waals surface area (Å²) in [6.45, 7) is 0.529. The fourth-order valence-electron chi connectivity index (χ4n) is 2.47. The molecule has 0 aliphatic rings. The van der Waals surface area contributed by atoms with Crippen molar-refractivity contribution in [2.45, 2.75) is 6.54 Å². The first-order valence-corrected chi connectivity index (χ1v) is 6.52. The number of methoxy groups -OCH3 is 1. The molecule has 0 bridgehead atoms. The van der Waals surface area contributed by atoms with Crippen LogP contribution in [-0.2, 0) is 11.3 Å². The standard InChI is InChI=1S/C15H13N3O4/c1-22-14(19)13-7-11-10(8-17-6-5-16-9-17)3-2-4-12(11)18(13)15(20)21/h2-7,9H,8H2,1H3,(H,20,21). The van der Waals surface area contributed by atoms with Crippen molar-refractivity contribution in [2.24, 2.45) is 0 Å². The first-order valence-electron chi connectivity index (χ1n) is 6.52. The number of nitrogens with zero attached hydrogens (tertiary/aromatic N) is 3. The molecule has 7 heteroatoms. The molecule has 2 heterocycles. The minimum Gasteiger partial charge on any atom is -0.464 e. The van der Waals surface area contributed by atoms with Gasteiger partial charge in [0.2, 0.25) is 0 Å². The van der Waals surface area contributed by atoms with Crippen LogP contribution in [0.25, 0.3) is 10.9 Å². The molecule has 2 aromatic heterocycles. The van der Waals surface area contributed by atoms with Crippen LogP contribution in [-0.4, -0.2) is 38.4 Å². The Morgan fingerprint density at radius 3 is 2.82 bits per heavy atom. The predicted molar refractivity (Wildman–Crippen MR) is 78.0 cm³/mol. The third kappa shape index (κ3) is 2.22. The minimum absolute atomic E-state index is 0.0110. The van der Waals surface area contributed by atoms with Gasteiger partial charge in [-0.1, -0.05) is 12.1 Å². The Balaban J connectivity index is 2.20. The van der Waals surface area contributed by atoms with E-state index in [1.165, 1.54) is 7.11 Å². The van der Waals surface area contributed by atoms with Crippen LogP contribution in [0.3, 0.4) is 0 Å². The number of carboxylic acid groups (broad SMARTS) is 1. The van der Waals surface area contributed by atoms with E-state index in [4.69, 9.17) is 0 Å². The number of carbonyl (C=O) groups excluding carboxylic acids is 1. The van der Waals surface area contributed by atoms with Crippen LogP contribution < -0.4 is 0 Å². The lowest BCUT2D eigenvalue weighted by Gasteiger charge is -2.05. The van der Waals surface area contributed by atoms with Gasteiger partial charge in [-0.05, 0) is 17.7 Å². The SMILES string of the molecule is COC(=O)c1cc2c(Cn3ccnc3)cccc2n1C(=O)O. The van der Waals surface area contributed by atoms with Crippen LogP contribution in [0.4, 0.5) is 4.79 Å². The molecule has 0 atom stereocenters. The average molecular weight is 299 g/mol. The van der Waals surface area contributed by atoms with Gasteiger partial charge in [0, 0.05) is 24.3 Å². The van der Waals surface area contributed by atoms with E-state index < -0.39 is 12.1 Å². The quantitative estimate of drug-likeness (QED) is 0.749. The number of rotatable bonds is 3. The largest absolute Gasteiger partial charge is 0.464 e. The van der Waals surface area contributed by atoms with E-state index >= 15 is 0 Å². The lowest BCUT2D eigenvalue weighted by Crippen LogP contribution is -2.16. The van der Waals surface area contributed by atoms with Crippen LogP contribution in [0, 0.1) is 0 Å². The fourth-order valence-corrected chi connectivity index (χ4v) is 2.47. The number of carbonyl (C=O) groups is 2. The molecule has 0 aliphatic heterocycles. The summed E-state index contributed by atoms with van der Waals surface area (Å²) >= 11 is 0. The van der Waals surface area contributed by atoms with Crippen molar-refractivity contribution in [2.75, 3.05) is 7.11 Å². The smallest absolute Gasteiger partial charge is 0.416 e. The van der Waals surface area contributed by atoms with Crippen LogP contribution in [0.5, 0.6) is 0 Å². The second-order valence-electron chi connectivity index (χ2n) is 4.72. The Labute approximate surface area is 125 Å². The molecule has 1 N–H and O–H groups in total. The normalized spacial score (nSPS) is 10.8. The van der Waals surface area contributed by atoms with E-state index in [9.17, 15) is 14.7 Å². The lowest BCUT2D eigenvalue weighted by molar-refractivity contribution is 0.0588. The molecule has 0 fully saturated rings. The van der Waals surface area contributed by atoms with Gasteiger partial charge in [0.05, 0.1) is 19.0 Å². The Morgan fingerprint density at radius 2 is 2.18 bits per heavy atom. The molecule has 3 aromatic rings. The number of benzene rings is 1. The number of hydrogen-bond acceptors (Lipinski definition) is 4. The molecule has 0 spiro atoms. The molecule has 112 valence electrons. The van der Waals surface area contributed by atoms with Crippen molar-refractivity contribution < 1.29 is 19.4 Å². The summed E-state index contributed by atoms with van der Waals surface area (Å²) in [4.78, 5) is 27.3. The highest BCUT2D eigenvalue weighted by molar-refractivity contribution is 6.02. The molecule has 0 radical (unpaired) electrons. The maximum atomic E-state index is 11.8. The van der Waals surface area contributed by atoms with Gasteiger partial charge in [0.1, 0.15) is 5.69 Å². The molecule has 7 nitrogen and oxygen atoms in total. The van der Waals surface area contributed by atoms with Crippen molar-refractivity contribution in [1.82, 2.24) is 14.1 Å². The summed E-state index contributed by atoms with van der Waals surface area (Å²) < 4.78 is 7.47. The molecule has 0 saturated carbocycles. The van der Waals surface area contributed by atoms with Gasteiger partial charge < -0.3 is 14.4 Å². The topological polar surface area (TPSA) is 86.4 Å². The highest BCUT2D eigenvalue weighted by atomic mass is 16.5. The van der Waals surface area contributed by atoms with Gasteiger partial charge in [-0.25, -0.2) is 19.1 Å². The summed E-state index contributed by atoms with van der Waals surface area (Å²) in [6, 6.07) is 6.85. The first kappa shape index (κ1) is 13.9. The van der Waals surface area contributed by atoms with Gasteiger partial charge in [-0.2, -0.15) is 0 Å². The number of esters is 1. The number of aromatic nitrogens is 3. The average Bonchev–Trinajstić information content (AvgIpc) is 3.13. The zero-order chi connectivity index (χ0) is 15.7. The highest BCUT2D eigenvalue weighted by Crippen LogP contribution is 2.25. The Kier molecular flexibility index (Phi) is 3.38. The van der Waals surface area contributed by atoms with Gasteiger partial charge in [0.25, 0.3) is 0 Å². The zero-order valence-electron chi connectivity index (χ0n) is 11.8.